The molecule has 5 aromatic carbocycles. The van der Waals surface area contributed by atoms with Gasteiger partial charge < -0.3 is 4.74 Å². The van der Waals surface area contributed by atoms with Gasteiger partial charge in [-0.15, -0.1) is 0 Å². The van der Waals surface area contributed by atoms with E-state index in [-0.39, 0.29) is 12.1 Å². The third kappa shape index (κ3) is 14.9. The van der Waals surface area contributed by atoms with E-state index in [1.165, 1.54) is 24.8 Å². The second-order valence-electron chi connectivity index (χ2n) is 17.7. The highest BCUT2D eigenvalue weighted by atomic mass is 32.2. The predicted octanol–water partition coefficient (Wildman–Crippen LogP) is 14.8. The fourth-order valence-corrected chi connectivity index (χ4v) is 9.40. The number of esters is 1. The first-order valence-corrected chi connectivity index (χ1v) is 23.8. The maximum atomic E-state index is 14.2. The van der Waals surface area contributed by atoms with Crippen LogP contribution in [-0.2, 0) is 70.8 Å². The number of hydrogen-bond acceptors (Lipinski definition) is 2. The van der Waals surface area contributed by atoms with Crippen LogP contribution in [0, 0.1) is 0 Å². The molecule has 1 aliphatic rings. The maximum Gasteiger partial charge on any atom is 0.416 e. The summed E-state index contributed by atoms with van der Waals surface area (Å²) < 4.78 is 346. The molecule has 0 bridgehead atoms. The second kappa shape index (κ2) is 21.6. The predicted molar refractivity (Wildman–Crippen MR) is 232 cm³/mol. The first kappa shape index (κ1) is 61.2. The van der Waals surface area contributed by atoms with Crippen LogP contribution >= 0.6 is 0 Å². The zero-order chi connectivity index (χ0) is 57.6. The molecule has 76 heavy (non-hydrogen) atoms. The molecule has 0 heterocycles. The third-order valence-corrected chi connectivity index (χ3v) is 12.8. The number of halogens is 24. The topological polar surface area (TPSA) is 26.3 Å². The van der Waals surface area contributed by atoms with Gasteiger partial charge in [0.15, 0.2) is 0 Å². The van der Waals surface area contributed by atoms with Gasteiger partial charge in [-0.25, -0.2) is 4.79 Å². The largest absolute Gasteiger partial charge is 0.459 e. The Morgan fingerprint density at radius 3 is 0.855 bits per heavy atom. The van der Waals surface area contributed by atoms with Crippen molar-refractivity contribution in [2.24, 2.45) is 0 Å². The summed E-state index contributed by atoms with van der Waals surface area (Å²) in [4.78, 5) is 12.0. The van der Waals surface area contributed by atoms with Crippen LogP contribution in [0.2, 0.25) is 0 Å². The molecule has 416 valence electrons. The third-order valence-electron chi connectivity index (χ3n) is 11.9. The highest BCUT2D eigenvalue weighted by molar-refractivity contribution is 7.94. The highest BCUT2D eigenvalue weighted by Gasteiger charge is 2.47. The first-order chi connectivity index (χ1) is 34.4. The monoisotopic (exact) mass is 1140 g/mol. The molecule has 0 aliphatic heterocycles. The van der Waals surface area contributed by atoms with Gasteiger partial charge in [-0.1, -0.05) is 67.1 Å². The molecule has 28 heteroatoms. The van der Waals surface area contributed by atoms with Crippen molar-refractivity contribution in [2.45, 2.75) is 93.4 Å². The summed E-state index contributed by atoms with van der Waals surface area (Å²) in [5, 5.41) is 0. The van der Waals surface area contributed by atoms with Crippen molar-refractivity contribution in [3.8, 4) is 0 Å². The van der Waals surface area contributed by atoms with Gasteiger partial charge >= 0.3 is 55.4 Å². The Labute approximate surface area is 417 Å². The number of hydrogen-bond donors (Lipinski definition) is 0. The second-order valence-corrected chi connectivity index (χ2v) is 20.0. The van der Waals surface area contributed by atoms with E-state index in [1.807, 2.05) is 24.3 Å². The van der Waals surface area contributed by atoms with Crippen molar-refractivity contribution < 1.29 is 115 Å². The van der Waals surface area contributed by atoms with Gasteiger partial charge in [0.2, 0.25) is 0 Å². The fourth-order valence-electron chi connectivity index (χ4n) is 8.54. The molecule has 0 atom stereocenters. The molecule has 1 fully saturated rings. The van der Waals surface area contributed by atoms with Crippen LogP contribution in [0.15, 0.2) is 97.1 Å². The number of ether oxygens (including phenoxy) is 1. The zero-order valence-electron chi connectivity index (χ0n) is 38.4. The van der Waals surface area contributed by atoms with E-state index in [2.05, 4.69) is 12.5 Å². The van der Waals surface area contributed by atoms with E-state index in [4.69, 9.17) is 4.74 Å². The van der Waals surface area contributed by atoms with Gasteiger partial charge in [0, 0.05) is 5.56 Å². The maximum absolute atomic E-state index is 14.2. The van der Waals surface area contributed by atoms with Gasteiger partial charge in [0.05, 0.1) is 62.6 Å². The molecule has 5 aromatic rings. The van der Waals surface area contributed by atoms with E-state index < -0.39 is 195 Å². The van der Waals surface area contributed by atoms with Crippen molar-refractivity contribution in [3.63, 3.8) is 0 Å². The minimum Gasteiger partial charge on any atom is -0.459 e. The lowest BCUT2D eigenvalue weighted by atomic mass is 9.12. The fraction of sp³-hybridized carbons (Fsp3) is 0.354. The highest BCUT2D eigenvalue weighted by Crippen LogP contribution is 2.41. The van der Waals surface area contributed by atoms with Gasteiger partial charge in [0.1, 0.15) is 18.0 Å². The zero-order valence-corrected chi connectivity index (χ0v) is 39.2. The average Bonchev–Trinajstić information content (AvgIpc) is 3.27. The molecule has 1 aliphatic carbocycles. The van der Waals surface area contributed by atoms with Crippen LogP contribution in [-0.4, -0.2) is 30.7 Å². The Balaban J connectivity index is 0.000000468. The quantitative estimate of drug-likeness (QED) is 0.0670. The van der Waals surface area contributed by atoms with E-state index in [1.54, 1.807) is 0 Å². The summed E-state index contributed by atoms with van der Waals surface area (Å²) in [7, 11) is 0.394. The van der Waals surface area contributed by atoms with Crippen molar-refractivity contribution in [3.05, 3.63) is 153 Å². The molecule has 0 unspecified atom stereocenters. The summed E-state index contributed by atoms with van der Waals surface area (Å²) in [6.45, 7) is 0. The van der Waals surface area contributed by atoms with Gasteiger partial charge in [-0.2, -0.15) is 127 Å². The summed E-state index contributed by atoms with van der Waals surface area (Å²) in [5.74, 6) is 0.920. The summed E-state index contributed by atoms with van der Waals surface area (Å²) in [6, 6.07) is -0.926. The Kier molecular flexibility index (Phi) is 17.4. The minimum atomic E-state index is -6.13. The molecular weight excluding hydrogens is 1110 g/mol. The van der Waals surface area contributed by atoms with Gasteiger partial charge in [0.25, 0.3) is 0 Å². The summed E-state index contributed by atoms with van der Waals surface area (Å²) in [6.07, 6.45) is -44.5. The van der Waals surface area contributed by atoms with Crippen LogP contribution in [0.5, 0.6) is 0 Å². The Hall–Kier alpha value is -5.70. The average molecular weight is 1140 g/mol. The Morgan fingerprint density at radius 2 is 0.645 bits per heavy atom. The summed E-state index contributed by atoms with van der Waals surface area (Å²) in [5.41, 5.74) is -28.2. The smallest absolute Gasteiger partial charge is 0.416 e. The van der Waals surface area contributed by atoms with Gasteiger partial charge in [-0.3, -0.25) is 0 Å². The number of carbonyl (C=O) groups is 1. The molecule has 0 radical (unpaired) electrons. The Morgan fingerprint density at radius 1 is 0.408 bits per heavy atom. The molecule has 0 aromatic heterocycles. The number of alkyl halides is 24. The van der Waals surface area contributed by atoms with Crippen LogP contribution in [0.3, 0.4) is 0 Å². The summed E-state index contributed by atoms with van der Waals surface area (Å²) >= 11 is 0. The molecular formula is C48H35BF24O2S. The molecule has 0 saturated heterocycles. The molecule has 1 saturated carbocycles. The lowest BCUT2D eigenvalue weighted by molar-refractivity contribution is -0.144. The first-order valence-electron chi connectivity index (χ1n) is 21.6. The van der Waals surface area contributed by atoms with Crippen LogP contribution in [0.4, 0.5) is 105 Å². The molecule has 6 rings (SSSR count). The number of carbonyl (C=O) groups excluding carboxylic acids is 1. The van der Waals surface area contributed by atoms with E-state index in [0.29, 0.717) is 16.5 Å². The lowest BCUT2D eigenvalue weighted by Gasteiger charge is -2.46. The Bertz CT molecular complexity index is 2410. The van der Waals surface area contributed by atoms with Crippen molar-refractivity contribution in [1.29, 1.82) is 0 Å². The lowest BCUT2D eigenvalue weighted by Crippen LogP contribution is -2.75. The van der Waals surface area contributed by atoms with E-state index >= 15 is 0 Å². The standard InChI is InChI=1S/C32H12BF24.C16H23O2S/c34-25(35,36)13-1-14(26(37,38)39)6-21(5-13)33(22-7-15(27(40,41)42)2-16(8-22)28(43,44)45,23-9-17(29(46,47)48)3-18(10-23)30(49,50)51)24-11-19(31(52,53)54)4-20(12-24)32(55,56)57;1-19(2)12-13-8-10-14(11-9-13)16(17)18-15-6-4-3-5-7-15/h1-12H;8-11,15H,3-7,12H2,1-2H3/q-1;+1. The molecule has 0 spiro atoms. The van der Waals surface area contributed by atoms with E-state index in [9.17, 15) is 110 Å². The van der Waals surface area contributed by atoms with Crippen LogP contribution < -0.4 is 21.9 Å². The van der Waals surface area contributed by atoms with Crippen molar-refractivity contribution >= 4 is 44.9 Å². The van der Waals surface area contributed by atoms with Crippen LogP contribution in [0.1, 0.15) is 92.5 Å². The van der Waals surface area contributed by atoms with Crippen LogP contribution in [0.25, 0.3) is 0 Å². The SMILES string of the molecule is C[S+](C)Cc1ccc(C(=O)OC2CCCCC2)cc1.FC(F)(F)c1cc([B-](c2cc(C(F)(F)F)cc(C(F)(F)F)c2)(c2cc(C(F)(F)F)cc(C(F)(F)F)c2)c2cc(C(F)(F)F)cc(C(F)(F)F)c2)cc(C(F)(F)F)c1. The number of rotatable bonds is 8. The number of benzene rings is 5. The van der Waals surface area contributed by atoms with Crippen molar-refractivity contribution in [2.75, 3.05) is 12.5 Å². The normalized spacial score (nSPS) is 14.9. The molecule has 0 amide bonds. The van der Waals surface area contributed by atoms with Gasteiger partial charge in [-0.05, 0) is 73.0 Å². The van der Waals surface area contributed by atoms with Crippen molar-refractivity contribution in [1.82, 2.24) is 0 Å². The molecule has 2 nitrogen and oxygen atoms in total. The molecule has 0 N–H and O–H groups in total. The minimum absolute atomic E-state index is 0.137. The van der Waals surface area contributed by atoms with E-state index in [0.717, 1.165) is 18.6 Å².